The number of hydrogen-bond acceptors (Lipinski definition) is 5. The minimum Gasteiger partial charge on any atom is -0.453 e. The molecule has 0 aliphatic carbocycles. The summed E-state index contributed by atoms with van der Waals surface area (Å²) in [4.78, 5) is 43.3. The van der Waals surface area contributed by atoms with Crippen molar-refractivity contribution >= 4 is 28.5 Å². The first kappa shape index (κ1) is 19.3. The number of nitrogens with zero attached hydrogens (tertiary/aromatic N) is 1. The van der Waals surface area contributed by atoms with Crippen LogP contribution in [0.2, 0.25) is 0 Å². The predicted octanol–water partition coefficient (Wildman–Crippen LogP) is 2.73. The third-order valence-electron chi connectivity index (χ3n) is 4.22. The van der Waals surface area contributed by atoms with Gasteiger partial charge in [-0.2, -0.15) is 0 Å². The van der Waals surface area contributed by atoms with Crippen LogP contribution in [0.25, 0.3) is 10.9 Å². The van der Waals surface area contributed by atoms with Gasteiger partial charge in [0, 0.05) is 12.1 Å². The van der Waals surface area contributed by atoms with E-state index in [1.165, 1.54) is 6.92 Å². The molecule has 1 atom stereocenters. The molecular weight excluding hydrogens is 358 g/mol. The van der Waals surface area contributed by atoms with Crippen LogP contribution in [0.5, 0.6) is 0 Å². The number of rotatable bonds is 6. The number of nitrogens with one attached hydrogen (secondary N) is 2. The fraction of sp³-hybridized carbons (Fsp3) is 0.238. The summed E-state index contributed by atoms with van der Waals surface area (Å²) in [5.41, 5.74) is 2.04. The summed E-state index contributed by atoms with van der Waals surface area (Å²) in [6.45, 7) is 3.46. The van der Waals surface area contributed by atoms with Crippen molar-refractivity contribution in [1.82, 2.24) is 9.97 Å². The van der Waals surface area contributed by atoms with Gasteiger partial charge in [0.05, 0.1) is 17.3 Å². The Hall–Kier alpha value is -3.48. The molecule has 2 N–H and O–H groups in total. The van der Waals surface area contributed by atoms with Crippen LogP contribution in [0.1, 0.15) is 24.7 Å². The maximum atomic E-state index is 12.2. The van der Waals surface area contributed by atoms with E-state index < -0.39 is 18.0 Å². The maximum Gasteiger partial charge on any atom is 0.307 e. The SMILES string of the molecule is Cc1ccc(NC(=O)[C@@H](C)OC(=O)CCc2nc3ccccc3c(=O)[nH]2)cc1. The monoisotopic (exact) mass is 379 g/mol. The summed E-state index contributed by atoms with van der Waals surface area (Å²) in [6, 6.07) is 14.3. The van der Waals surface area contributed by atoms with Crippen LogP contribution < -0.4 is 10.9 Å². The first-order valence-corrected chi connectivity index (χ1v) is 8.97. The van der Waals surface area contributed by atoms with E-state index in [9.17, 15) is 14.4 Å². The molecule has 0 saturated carbocycles. The molecular formula is C21H21N3O4. The van der Waals surface area contributed by atoms with Crippen molar-refractivity contribution < 1.29 is 14.3 Å². The lowest BCUT2D eigenvalue weighted by molar-refractivity contribution is -0.153. The Labute approximate surface area is 161 Å². The Balaban J connectivity index is 1.54. The molecule has 0 radical (unpaired) electrons. The van der Waals surface area contributed by atoms with Crippen molar-refractivity contribution in [3.8, 4) is 0 Å². The number of anilines is 1. The lowest BCUT2D eigenvalue weighted by Crippen LogP contribution is -2.30. The normalized spacial score (nSPS) is 11.8. The zero-order valence-electron chi connectivity index (χ0n) is 15.7. The van der Waals surface area contributed by atoms with Gasteiger partial charge in [-0.25, -0.2) is 4.98 Å². The van der Waals surface area contributed by atoms with Gasteiger partial charge in [0.25, 0.3) is 11.5 Å². The number of aryl methyl sites for hydroxylation is 2. The number of carbonyl (C=O) groups is 2. The van der Waals surface area contributed by atoms with E-state index in [0.717, 1.165) is 5.56 Å². The number of hydrogen-bond donors (Lipinski definition) is 2. The molecule has 0 spiro atoms. The number of carbonyl (C=O) groups excluding carboxylic acids is 2. The highest BCUT2D eigenvalue weighted by atomic mass is 16.5. The molecule has 3 aromatic rings. The third kappa shape index (κ3) is 4.82. The highest BCUT2D eigenvalue weighted by Crippen LogP contribution is 2.10. The predicted molar refractivity (Wildman–Crippen MR) is 106 cm³/mol. The largest absolute Gasteiger partial charge is 0.453 e. The molecule has 0 fully saturated rings. The van der Waals surface area contributed by atoms with Crippen LogP contribution in [0.15, 0.2) is 53.3 Å². The van der Waals surface area contributed by atoms with E-state index in [-0.39, 0.29) is 18.4 Å². The van der Waals surface area contributed by atoms with Crippen LogP contribution in [-0.2, 0) is 20.7 Å². The summed E-state index contributed by atoms with van der Waals surface area (Å²) in [7, 11) is 0. The zero-order chi connectivity index (χ0) is 20.1. The molecule has 1 amide bonds. The standard InChI is InChI=1S/C21H21N3O4/c1-13-7-9-15(10-8-13)22-20(26)14(2)28-19(25)12-11-18-23-17-6-4-3-5-16(17)21(27)24-18/h3-10,14H,11-12H2,1-2H3,(H,22,26)(H,23,24,27)/t14-/m1/s1. The van der Waals surface area contributed by atoms with Gasteiger partial charge in [-0.15, -0.1) is 0 Å². The molecule has 0 unspecified atom stereocenters. The van der Waals surface area contributed by atoms with E-state index in [4.69, 9.17) is 4.74 Å². The molecule has 0 saturated heterocycles. The van der Waals surface area contributed by atoms with Gasteiger partial charge in [-0.1, -0.05) is 29.8 Å². The van der Waals surface area contributed by atoms with Gasteiger partial charge in [-0.05, 0) is 38.1 Å². The topological polar surface area (TPSA) is 101 Å². The number of fused-ring (bicyclic) bond motifs is 1. The number of aromatic amines is 1. The van der Waals surface area contributed by atoms with Gasteiger partial charge >= 0.3 is 5.97 Å². The van der Waals surface area contributed by atoms with Gasteiger partial charge in [-0.3, -0.25) is 14.4 Å². The molecule has 0 bridgehead atoms. The second kappa shape index (κ2) is 8.47. The van der Waals surface area contributed by atoms with Crippen LogP contribution >= 0.6 is 0 Å². The molecule has 7 heteroatoms. The number of esters is 1. The van der Waals surface area contributed by atoms with E-state index in [1.807, 2.05) is 19.1 Å². The fourth-order valence-electron chi connectivity index (χ4n) is 2.66. The van der Waals surface area contributed by atoms with Gasteiger partial charge in [0.1, 0.15) is 5.82 Å². The molecule has 1 aromatic heterocycles. The Morgan fingerprint density at radius 3 is 2.61 bits per heavy atom. The smallest absolute Gasteiger partial charge is 0.307 e. The Kier molecular flexibility index (Phi) is 5.84. The number of H-pyrrole nitrogens is 1. The van der Waals surface area contributed by atoms with Gasteiger partial charge < -0.3 is 15.0 Å². The van der Waals surface area contributed by atoms with Crippen molar-refractivity contribution in [2.24, 2.45) is 0 Å². The summed E-state index contributed by atoms with van der Waals surface area (Å²) in [5.74, 6) is -0.547. The highest BCUT2D eigenvalue weighted by molar-refractivity contribution is 5.95. The van der Waals surface area contributed by atoms with Crippen LogP contribution in [0, 0.1) is 6.92 Å². The van der Waals surface area contributed by atoms with Gasteiger partial charge in [0.2, 0.25) is 0 Å². The summed E-state index contributed by atoms with van der Waals surface area (Å²) in [6.07, 6.45) is -0.716. The number of amides is 1. The summed E-state index contributed by atoms with van der Waals surface area (Å²) in [5, 5.41) is 3.20. The van der Waals surface area contributed by atoms with Crippen molar-refractivity contribution in [3.63, 3.8) is 0 Å². The molecule has 28 heavy (non-hydrogen) atoms. The van der Waals surface area contributed by atoms with Crippen molar-refractivity contribution in [3.05, 3.63) is 70.3 Å². The van der Waals surface area contributed by atoms with Crippen molar-refractivity contribution in [1.29, 1.82) is 0 Å². The fourth-order valence-corrected chi connectivity index (χ4v) is 2.66. The molecule has 0 aliphatic rings. The lowest BCUT2D eigenvalue weighted by Gasteiger charge is -2.13. The Morgan fingerprint density at radius 2 is 1.86 bits per heavy atom. The first-order chi connectivity index (χ1) is 13.4. The number of ether oxygens (including phenoxy) is 1. The van der Waals surface area contributed by atoms with Crippen LogP contribution in [0.4, 0.5) is 5.69 Å². The van der Waals surface area contributed by atoms with Crippen LogP contribution in [-0.4, -0.2) is 27.9 Å². The molecule has 3 rings (SSSR count). The van der Waals surface area contributed by atoms with E-state index >= 15 is 0 Å². The van der Waals surface area contributed by atoms with Crippen molar-refractivity contribution in [2.45, 2.75) is 32.8 Å². The second-order valence-electron chi connectivity index (χ2n) is 6.52. The van der Waals surface area contributed by atoms with Crippen LogP contribution in [0.3, 0.4) is 0 Å². The number of para-hydroxylation sites is 1. The van der Waals surface area contributed by atoms with Crippen molar-refractivity contribution in [2.75, 3.05) is 5.32 Å². The third-order valence-corrected chi connectivity index (χ3v) is 4.22. The quantitative estimate of drug-likeness (QED) is 0.641. The average molecular weight is 379 g/mol. The summed E-state index contributed by atoms with van der Waals surface area (Å²) >= 11 is 0. The van der Waals surface area contributed by atoms with E-state index in [1.54, 1.807) is 36.4 Å². The van der Waals surface area contributed by atoms with E-state index in [2.05, 4.69) is 15.3 Å². The van der Waals surface area contributed by atoms with E-state index in [0.29, 0.717) is 22.4 Å². The lowest BCUT2D eigenvalue weighted by atomic mass is 10.2. The summed E-state index contributed by atoms with van der Waals surface area (Å²) < 4.78 is 5.18. The second-order valence-corrected chi connectivity index (χ2v) is 6.52. The molecule has 7 nitrogen and oxygen atoms in total. The Morgan fingerprint density at radius 1 is 1.14 bits per heavy atom. The number of aromatic nitrogens is 2. The highest BCUT2D eigenvalue weighted by Gasteiger charge is 2.18. The molecule has 2 aromatic carbocycles. The molecule has 144 valence electrons. The molecule has 0 aliphatic heterocycles. The van der Waals surface area contributed by atoms with Gasteiger partial charge in [0.15, 0.2) is 6.10 Å². The molecule has 1 heterocycles. The first-order valence-electron chi connectivity index (χ1n) is 8.97. The number of benzene rings is 2. The average Bonchev–Trinajstić information content (AvgIpc) is 2.68. The minimum absolute atomic E-state index is 0.00340. The maximum absolute atomic E-state index is 12.2. The zero-order valence-corrected chi connectivity index (χ0v) is 15.7. The minimum atomic E-state index is -0.933. The Bertz CT molecular complexity index is 1060.